The second-order valence-corrected chi connectivity index (χ2v) is 8.68. The number of rotatable bonds is 5. The van der Waals surface area contributed by atoms with Gasteiger partial charge in [-0.2, -0.15) is 0 Å². The summed E-state index contributed by atoms with van der Waals surface area (Å²) >= 11 is 0. The van der Waals surface area contributed by atoms with Crippen molar-refractivity contribution in [3.63, 3.8) is 0 Å². The summed E-state index contributed by atoms with van der Waals surface area (Å²) in [5, 5.41) is 21.0. The minimum Gasteiger partial charge on any atom is -0.508 e. The first kappa shape index (κ1) is 21.6. The number of nitrogens with zero attached hydrogens (tertiary/aromatic N) is 3. The van der Waals surface area contributed by atoms with Crippen LogP contribution in [0.25, 0.3) is 21.9 Å². The van der Waals surface area contributed by atoms with Crippen molar-refractivity contribution in [2.75, 3.05) is 32.9 Å². The third-order valence-electron chi connectivity index (χ3n) is 6.39. The number of aliphatic hydroxyl groups is 1. The lowest BCUT2D eigenvalue weighted by atomic mass is 9.87. The summed E-state index contributed by atoms with van der Waals surface area (Å²) in [6.07, 6.45) is 3.33. The van der Waals surface area contributed by atoms with Crippen molar-refractivity contribution in [3.8, 4) is 22.8 Å². The summed E-state index contributed by atoms with van der Waals surface area (Å²) < 4.78 is 11.8. The fraction of sp³-hybridized carbons (Fsp3) is 0.400. The number of aromatic hydroxyl groups is 1. The number of ether oxygens (including phenoxy) is 2. The van der Waals surface area contributed by atoms with Gasteiger partial charge < -0.3 is 24.6 Å². The first-order valence-electron chi connectivity index (χ1n) is 11.3. The number of hydrogen-bond donors (Lipinski definition) is 2. The Morgan fingerprint density at radius 2 is 1.97 bits per heavy atom. The third kappa shape index (κ3) is 4.24. The van der Waals surface area contributed by atoms with Gasteiger partial charge in [0.25, 0.3) is 0 Å². The van der Waals surface area contributed by atoms with Crippen molar-refractivity contribution in [3.05, 3.63) is 47.9 Å². The maximum absolute atomic E-state index is 11.7. The van der Waals surface area contributed by atoms with Crippen molar-refractivity contribution >= 4 is 16.7 Å². The molecule has 0 radical (unpaired) electrons. The van der Waals surface area contributed by atoms with Crippen LogP contribution in [0, 0.1) is 6.92 Å². The highest BCUT2D eigenvalue weighted by Crippen LogP contribution is 2.42. The summed E-state index contributed by atoms with van der Waals surface area (Å²) in [5.41, 5.74) is 3.93. The van der Waals surface area contributed by atoms with Crippen LogP contribution in [0.4, 0.5) is 0 Å². The number of likely N-dealkylation sites (tertiary alicyclic amines) is 1. The molecule has 2 aromatic heterocycles. The van der Waals surface area contributed by atoms with E-state index >= 15 is 0 Å². The van der Waals surface area contributed by atoms with E-state index in [1.807, 2.05) is 19.1 Å². The lowest BCUT2D eigenvalue weighted by Gasteiger charge is -2.38. The van der Waals surface area contributed by atoms with Crippen molar-refractivity contribution in [1.29, 1.82) is 0 Å². The average molecular weight is 450 g/mol. The van der Waals surface area contributed by atoms with Crippen LogP contribution in [0.2, 0.25) is 0 Å². The molecule has 33 heavy (non-hydrogen) atoms. The Morgan fingerprint density at radius 1 is 1.18 bits per heavy atom. The molecule has 5 rings (SSSR count). The van der Waals surface area contributed by atoms with Gasteiger partial charge in [0.1, 0.15) is 18.5 Å². The van der Waals surface area contributed by atoms with Gasteiger partial charge in [-0.1, -0.05) is 0 Å². The molecule has 2 fully saturated rings. The minimum atomic E-state index is -0.504. The lowest BCUT2D eigenvalue weighted by Crippen LogP contribution is -2.57. The quantitative estimate of drug-likeness (QED) is 0.617. The number of hydrogen-bond acceptors (Lipinski definition) is 7. The fourth-order valence-corrected chi connectivity index (χ4v) is 4.63. The predicted molar refractivity (Wildman–Crippen MR) is 122 cm³/mol. The van der Waals surface area contributed by atoms with Gasteiger partial charge in [-0.3, -0.25) is 9.78 Å². The summed E-state index contributed by atoms with van der Waals surface area (Å²) in [7, 11) is 0. The molecule has 0 atom stereocenters. The molecule has 0 unspecified atom stereocenters. The Morgan fingerprint density at radius 3 is 2.70 bits per heavy atom. The van der Waals surface area contributed by atoms with E-state index in [2.05, 4.69) is 11.1 Å². The van der Waals surface area contributed by atoms with Gasteiger partial charge in [-0.15, -0.1) is 0 Å². The Balaban J connectivity index is 1.62. The third-order valence-corrected chi connectivity index (χ3v) is 6.39. The standard InChI is InChI=1S/C25H27N3O5/c1-15-10-17(4-7-26-15)23-20-3-2-18(30)11-21(20)25(27-24(23)16-5-8-32-9-6-16)33-19-12-28(13-19)22(31)14-29/h2-4,7,10-11,16,19,29-30H,5-6,8-9,12-14H2,1H3. The van der Waals surface area contributed by atoms with Crippen LogP contribution in [0.15, 0.2) is 36.5 Å². The molecule has 0 bridgehead atoms. The number of fused-ring (bicyclic) bond motifs is 1. The lowest BCUT2D eigenvalue weighted by molar-refractivity contribution is -0.143. The summed E-state index contributed by atoms with van der Waals surface area (Å²) in [5.74, 6) is 0.502. The monoisotopic (exact) mass is 449 g/mol. The van der Waals surface area contributed by atoms with Gasteiger partial charge in [0.2, 0.25) is 11.8 Å². The van der Waals surface area contributed by atoms with Crippen LogP contribution in [0.3, 0.4) is 0 Å². The Bertz CT molecular complexity index is 1190. The predicted octanol–water partition coefficient (Wildman–Crippen LogP) is 2.79. The van der Waals surface area contributed by atoms with Crippen LogP contribution in [0.1, 0.15) is 30.1 Å². The highest BCUT2D eigenvalue weighted by molar-refractivity contribution is 6.01. The van der Waals surface area contributed by atoms with E-state index in [1.54, 1.807) is 23.2 Å². The molecule has 4 heterocycles. The zero-order chi connectivity index (χ0) is 22.9. The van der Waals surface area contributed by atoms with Crippen LogP contribution in [-0.2, 0) is 9.53 Å². The van der Waals surface area contributed by atoms with Crippen LogP contribution in [0.5, 0.6) is 11.6 Å². The van der Waals surface area contributed by atoms with E-state index in [0.29, 0.717) is 32.2 Å². The van der Waals surface area contributed by atoms with Crippen LogP contribution < -0.4 is 4.74 Å². The molecule has 2 N–H and O–H groups in total. The molecule has 1 aromatic carbocycles. The zero-order valence-corrected chi connectivity index (χ0v) is 18.5. The molecule has 8 heteroatoms. The first-order chi connectivity index (χ1) is 16.0. The van der Waals surface area contributed by atoms with Crippen molar-refractivity contribution in [1.82, 2.24) is 14.9 Å². The van der Waals surface area contributed by atoms with Gasteiger partial charge in [0.05, 0.1) is 18.8 Å². The number of amides is 1. The Kier molecular flexibility index (Phi) is 5.86. The van der Waals surface area contributed by atoms with Gasteiger partial charge in [0, 0.05) is 42.0 Å². The molecular formula is C25H27N3O5. The highest BCUT2D eigenvalue weighted by Gasteiger charge is 2.33. The Labute approximate surface area is 191 Å². The molecule has 8 nitrogen and oxygen atoms in total. The molecule has 2 saturated heterocycles. The van der Waals surface area contributed by atoms with E-state index in [1.165, 1.54) is 0 Å². The van der Waals surface area contributed by atoms with E-state index < -0.39 is 6.61 Å². The number of aliphatic hydroxyl groups excluding tert-OH is 1. The summed E-state index contributed by atoms with van der Waals surface area (Å²) in [6, 6.07) is 9.32. The average Bonchev–Trinajstić information content (AvgIpc) is 2.80. The molecule has 2 aliphatic rings. The number of pyridine rings is 2. The number of phenolic OH excluding ortho intramolecular Hbond substituents is 1. The number of aryl methyl sites for hydroxylation is 1. The van der Waals surface area contributed by atoms with Crippen molar-refractivity contribution < 1.29 is 24.5 Å². The zero-order valence-electron chi connectivity index (χ0n) is 18.5. The van der Waals surface area contributed by atoms with Crippen molar-refractivity contribution in [2.24, 2.45) is 0 Å². The van der Waals surface area contributed by atoms with Gasteiger partial charge in [0.15, 0.2) is 0 Å². The van der Waals surface area contributed by atoms with Crippen LogP contribution in [-0.4, -0.2) is 70.0 Å². The van der Waals surface area contributed by atoms with Gasteiger partial charge in [-0.05, 0) is 61.0 Å². The number of benzene rings is 1. The summed E-state index contributed by atoms with van der Waals surface area (Å²) in [4.78, 5) is 22.6. The Hall–Kier alpha value is -3.23. The van der Waals surface area contributed by atoms with Gasteiger partial charge in [-0.25, -0.2) is 4.98 Å². The normalized spacial score (nSPS) is 17.2. The van der Waals surface area contributed by atoms with Gasteiger partial charge >= 0.3 is 0 Å². The minimum absolute atomic E-state index is 0.135. The molecule has 172 valence electrons. The molecular weight excluding hydrogens is 422 g/mol. The van der Waals surface area contributed by atoms with E-state index in [-0.39, 0.29) is 23.7 Å². The highest BCUT2D eigenvalue weighted by atomic mass is 16.5. The second-order valence-electron chi connectivity index (χ2n) is 8.68. The van der Waals surface area contributed by atoms with Crippen LogP contribution >= 0.6 is 0 Å². The summed E-state index contributed by atoms with van der Waals surface area (Å²) in [6.45, 7) is 3.64. The molecule has 0 spiro atoms. The number of aromatic nitrogens is 2. The van der Waals surface area contributed by atoms with E-state index in [4.69, 9.17) is 19.6 Å². The maximum atomic E-state index is 11.7. The largest absolute Gasteiger partial charge is 0.508 e. The maximum Gasteiger partial charge on any atom is 0.248 e. The van der Waals surface area contributed by atoms with E-state index in [9.17, 15) is 9.90 Å². The molecule has 3 aromatic rings. The fourth-order valence-electron chi connectivity index (χ4n) is 4.63. The molecule has 1 amide bonds. The number of phenols is 1. The van der Waals surface area contributed by atoms with E-state index in [0.717, 1.165) is 46.1 Å². The molecule has 0 aliphatic carbocycles. The SMILES string of the molecule is Cc1cc(-c2c(C3CCOCC3)nc(OC3CN(C(=O)CO)C3)c3cc(O)ccc23)ccn1. The smallest absolute Gasteiger partial charge is 0.248 e. The van der Waals surface area contributed by atoms with Crippen molar-refractivity contribution in [2.45, 2.75) is 31.8 Å². The topological polar surface area (TPSA) is 105 Å². The number of carbonyl (C=O) groups is 1. The molecule has 0 saturated carbocycles. The second kappa shape index (κ2) is 8.96. The first-order valence-corrected chi connectivity index (χ1v) is 11.3. The number of carbonyl (C=O) groups excluding carboxylic acids is 1. The molecule has 2 aliphatic heterocycles.